The van der Waals surface area contributed by atoms with Crippen LogP contribution in [0.4, 0.5) is 0 Å². The van der Waals surface area contributed by atoms with Crippen molar-refractivity contribution in [3.05, 3.63) is 5.21 Å². The van der Waals surface area contributed by atoms with Gasteiger partial charge in [0.15, 0.2) is 6.61 Å². The van der Waals surface area contributed by atoms with Crippen LogP contribution in [0.3, 0.4) is 0 Å². The Kier molecular flexibility index (Phi) is 0.927. The molecule has 0 radical (unpaired) electrons. The zero-order valence-corrected chi connectivity index (χ0v) is 5.05. The predicted octanol–water partition coefficient (Wildman–Crippen LogP) is 0.334. The summed E-state index contributed by atoms with van der Waals surface area (Å²) in [7, 11) is 0. The van der Waals surface area contributed by atoms with Gasteiger partial charge in [0.05, 0.1) is 0 Å². The Labute approximate surface area is 48.2 Å². The van der Waals surface area contributed by atoms with Crippen molar-refractivity contribution in [1.82, 2.24) is 0 Å². The highest BCUT2D eigenvalue weighted by molar-refractivity contribution is 5.41. The first-order chi connectivity index (χ1) is 3.63. The maximum atomic E-state index is 10.6. The SMILES string of the molecule is CC1(C)COC=[N+]1[O-]. The van der Waals surface area contributed by atoms with Gasteiger partial charge in [0.2, 0.25) is 5.54 Å². The highest BCUT2D eigenvalue weighted by atomic mass is 16.6. The van der Waals surface area contributed by atoms with E-state index >= 15 is 0 Å². The van der Waals surface area contributed by atoms with Gasteiger partial charge in [-0.1, -0.05) is 0 Å². The minimum Gasteiger partial charge on any atom is -0.621 e. The number of ether oxygens (including phenoxy) is 1. The molecule has 8 heavy (non-hydrogen) atoms. The minimum absolute atomic E-state index is 0.347. The number of hydrogen-bond donors (Lipinski definition) is 0. The topological polar surface area (TPSA) is 35.3 Å². The van der Waals surface area contributed by atoms with Gasteiger partial charge in [-0.15, -0.1) is 0 Å². The van der Waals surface area contributed by atoms with Crippen LogP contribution < -0.4 is 0 Å². The van der Waals surface area contributed by atoms with Gasteiger partial charge in [0.1, 0.15) is 0 Å². The fourth-order valence-electron chi connectivity index (χ4n) is 0.515. The Hall–Kier alpha value is -0.730. The lowest BCUT2D eigenvalue weighted by molar-refractivity contribution is -0.523. The molecule has 0 atom stereocenters. The largest absolute Gasteiger partial charge is 0.621 e. The van der Waals surface area contributed by atoms with E-state index in [9.17, 15) is 5.21 Å². The zero-order chi connectivity index (χ0) is 6.20. The van der Waals surface area contributed by atoms with E-state index in [1.165, 1.54) is 6.40 Å². The second kappa shape index (κ2) is 1.37. The van der Waals surface area contributed by atoms with Crippen molar-refractivity contribution in [3.63, 3.8) is 0 Å². The molecule has 46 valence electrons. The average molecular weight is 115 g/mol. The maximum absolute atomic E-state index is 10.6. The van der Waals surface area contributed by atoms with Gasteiger partial charge in [0, 0.05) is 13.8 Å². The third kappa shape index (κ3) is 0.638. The van der Waals surface area contributed by atoms with Crippen LogP contribution in [0, 0.1) is 5.21 Å². The normalized spacial score (nSPS) is 24.5. The first-order valence-electron chi connectivity index (χ1n) is 2.54. The smallest absolute Gasteiger partial charge is 0.336 e. The Bertz CT molecular complexity index is 128. The summed E-state index contributed by atoms with van der Waals surface area (Å²) in [5, 5.41) is 10.6. The molecule has 0 amide bonds. The first-order valence-corrected chi connectivity index (χ1v) is 2.54. The van der Waals surface area contributed by atoms with Crippen LogP contribution in [0.15, 0.2) is 0 Å². The zero-order valence-electron chi connectivity index (χ0n) is 5.05. The monoisotopic (exact) mass is 115 g/mol. The molecular weight excluding hydrogens is 106 g/mol. The molecule has 0 saturated heterocycles. The van der Waals surface area contributed by atoms with Gasteiger partial charge in [-0.2, -0.15) is 4.74 Å². The molecule has 1 aliphatic rings. The molecule has 0 saturated carbocycles. The van der Waals surface area contributed by atoms with E-state index in [0.29, 0.717) is 6.61 Å². The molecule has 0 aromatic heterocycles. The molecule has 1 aliphatic heterocycles. The van der Waals surface area contributed by atoms with Crippen LogP contribution in [-0.2, 0) is 4.74 Å². The number of rotatable bonds is 0. The van der Waals surface area contributed by atoms with Crippen LogP contribution in [0.5, 0.6) is 0 Å². The van der Waals surface area contributed by atoms with Crippen molar-refractivity contribution in [2.75, 3.05) is 6.61 Å². The molecule has 0 aromatic rings. The van der Waals surface area contributed by atoms with Crippen LogP contribution >= 0.6 is 0 Å². The summed E-state index contributed by atoms with van der Waals surface area (Å²) in [4.78, 5) is 0. The highest BCUT2D eigenvalue weighted by Gasteiger charge is 2.32. The Morgan fingerprint density at radius 1 is 1.75 bits per heavy atom. The van der Waals surface area contributed by atoms with Crippen molar-refractivity contribution in [2.45, 2.75) is 19.4 Å². The molecule has 3 nitrogen and oxygen atoms in total. The highest BCUT2D eigenvalue weighted by Crippen LogP contribution is 2.11. The number of nitrogens with zero attached hydrogens (tertiary/aromatic N) is 1. The van der Waals surface area contributed by atoms with E-state index in [0.717, 1.165) is 4.74 Å². The lowest BCUT2D eigenvalue weighted by atomic mass is 10.1. The van der Waals surface area contributed by atoms with Gasteiger partial charge < -0.3 is 9.94 Å². The van der Waals surface area contributed by atoms with E-state index in [1.54, 1.807) is 0 Å². The summed E-state index contributed by atoms with van der Waals surface area (Å²) in [6, 6.07) is 0. The first kappa shape index (κ1) is 5.41. The molecule has 0 N–H and O–H groups in total. The third-order valence-corrected chi connectivity index (χ3v) is 1.20. The van der Waals surface area contributed by atoms with Crippen LogP contribution in [0.1, 0.15) is 13.8 Å². The van der Waals surface area contributed by atoms with Gasteiger partial charge in [-0.25, -0.2) is 0 Å². The summed E-state index contributed by atoms with van der Waals surface area (Å²) < 4.78 is 5.59. The lowest BCUT2D eigenvalue weighted by Crippen LogP contribution is -2.31. The van der Waals surface area contributed by atoms with E-state index < -0.39 is 0 Å². The van der Waals surface area contributed by atoms with Crippen molar-refractivity contribution < 1.29 is 9.48 Å². The molecule has 0 fully saturated rings. The van der Waals surface area contributed by atoms with Crippen molar-refractivity contribution >= 4 is 6.40 Å². The van der Waals surface area contributed by atoms with Gasteiger partial charge >= 0.3 is 6.40 Å². The van der Waals surface area contributed by atoms with Crippen molar-refractivity contribution in [2.24, 2.45) is 0 Å². The van der Waals surface area contributed by atoms with E-state index in [2.05, 4.69) is 0 Å². The molecule has 3 heteroatoms. The van der Waals surface area contributed by atoms with Crippen LogP contribution in [-0.4, -0.2) is 23.3 Å². The third-order valence-electron chi connectivity index (χ3n) is 1.20. The van der Waals surface area contributed by atoms with E-state index in [1.807, 2.05) is 13.8 Å². The predicted molar refractivity (Wildman–Crippen MR) is 29.7 cm³/mol. The van der Waals surface area contributed by atoms with Crippen LogP contribution in [0.2, 0.25) is 0 Å². The van der Waals surface area contributed by atoms with Gasteiger partial charge in [-0.05, 0) is 0 Å². The summed E-state index contributed by atoms with van der Waals surface area (Å²) in [5.41, 5.74) is -0.347. The summed E-state index contributed by atoms with van der Waals surface area (Å²) in [5.74, 6) is 0. The molecular formula is C5H9NO2. The molecule has 1 heterocycles. The maximum Gasteiger partial charge on any atom is 0.336 e. The second-order valence-corrected chi connectivity index (χ2v) is 2.55. The minimum atomic E-state index is -0.347. The fourth-order valence-corrected chi connectivity index (χ4v) is 0.515. The van der Waals surface area contributed by atoms with Crippen LogP contribution in [0.25, 0.3) is 0 Å². The fraction of sp³-hybridized carbons (Fsp3) is 0.800. The average Bonchev–Trinajstić information content (AvgIpc) is 1.86. The number of hydroxylamine groups is 1. The molecule has 0 aromatic carbocycles. The van der Waals surface area contributed by atoms with E-state index in [-0.39, 0.29) is 5.54 Å². The van der Waals surface area contributed by atoms with E-state index in [4.69, 9.17) is 4.74 Å². The lowest BCUT2D eigenvalue weighted by Gasteiger charge is -2.13. The Morgan fingerprint density at radius 3 is 2.50 bits per heavy atom. The Balaban J connectivity index is 2.73. The number of hydrogen-bond acceptors (Lipinski definition) is 2. The molecule has 0 bridgehead atoms. The quantitative estimate of drug-likeness (QED) is 0.337. The summed E-state index contributed by atoms with van der Waals surface area (Å²) in [6.45, 7) is 4.17. The molecule has 0 aliphatic carbocycles. The van der Waals surface area contributed by atoms with Crippen molar-refractivity contribution in [3.8, 4) is 0 Å². The Morgan fingerprint density at radius 2 is 2.38 bits per heavy atom. The molecule has 0 unspecified atom stereocenters. The van der Waals surface area contributed by atoms with Gasteiger partial charge in [0.25, 0.3) is 0 Å². The molecule has 1 rings (SSSR count). The standard InChI is InChI=1S/C5H9NO2/c1-5(2)3-8-4-6(5)7/h4H,3H2,1-2H3. The van der Waals surface area contributed by atoms with Gasteiger partial charge in [-0.3, -0.25) is 0 Å². The van der Waals surface area contributed by atoms with Crippen molar-refractivity contribution in [1.29, 1.82) is 0 Å². The molecule has 0 spiro atoms. The summed E-state index contributed by atoms with van der Waals surface area (Å²) >= 11 is 0. The second-order valence-electron chi connectivity index (χ2n) is 2.55. The summed E-state index contributed by atoms with van der Waals surface area (Å²) in [6.07, 6.45) is 1.21.